The number of nitro benzene ring substituents is 1. The number of benzene rings is 1. The Labute approximate surface area is 126 Å². The molecule has 2 atom stereocenters. The molecule has 122 valence electrons. The molecule has 0 aliphatic carbocycles. The monoisotopic (exact) mass is 317 g/mol. The van der Waals surface area contributed by atoms with Gasteiger partial charge < -0.3 is 10.6 Å². The largest absolute Gasteiger partial charge is 0.416 e. The van der Waals surface area contributed by atoms with Gasteiger partial charge in [0.2, 0.25) is 0 Å². The number of rotatable bonds is 3. The van der Waals surface area contributed by atoms with Gasteiger partial charge in [0, 0.05) is 25.2 Å². The van der Waals surface area contributed by atoms with Crippen molar-refractivity contribution in [3.05, 3.63) is 33.9 Å². The van der Waals surface area contributed by atoms with Crippen molar-refractivity contribution in [3.8, 4) is 0 Å². The molecule has 0 spiro atoms. The Bertz CT molecular complexity index is 563. The summed E-state index contributed by atoms with van der Waals surface area (Å²) < 4.78 is 38.2. The zero-order chi connectivity index (χ0) is 16.5. The molecular formula is C14H18F3N3O2. The zero-order valence-electron chi connectivity index (χ0n) is 12.1. The molecule has 22 heavy (non-hydrogen) atoms. The highest BCUT2D eigenvalue weighted by molar-refractivity contribution is 5.65. The van der Waals surface area contributed by atoms with Crippen molar-refractivity contribution in [2.24, 2.45) is 11.7 Å². The van der Waals surface area contributed by atoms with Crippen LogP contribution < -0.4 is 10.6 Å². The fourth-order valence-electron chi connectivity index (χ4n) is 2.88. The third-order valence-electron chi connectivity index (χ3n) is 4.06. The molecular weight excluding hydrogens is 299 g/mol. The Morgan fingerprint density at radius 1 is 1.45 bits per heavy atom. The van der Waals surface area contributed by atoms with Crippen LogP contribution in [0.2, 0.25) is 0 Å². The number of nitro groups is 1. The lowest BCUT2D eigenvalue weighted by Gasteiger charge is -2.39. The summed E-state index contributed by atoms with van der Waals surface area (Å²) >= 11 is 0. The maximum absolute atomic E-state index is 12.7. The Kier molecular flexibility index (Phi) is 4.60. The summed E-state index contributed by atoms with van der Waals surface area (Å²) in [5, 5.41) is 11.2. The van der Waals surface area contributed by atoms with Gasteiger partial charge >= 0.3 is 6.18 Å². The molecule has 1 aromatic carbocycles. The van der Waals surface area contributed by atoms with Gasteiger partial charge in [0.15, 0.2) is 0 Å². The van der Waals surface area contributed by atoms with E-state index in [1.54, 1.807) is 4.90 Å². The van der Waals surface area contributed by atoms with E-state index in [9.17, 15) is 23.3 Å². The first-order valence-corrected chi connectivity index (χ1v) is 7.06. The van der Waals surface area contributed by atoms with Crippen LogP contribution in [0, 0.1) is 16.0 Å². The maximum Gasteiger partial charge on any atom is 0.416 e. The predicted octanol–water partition coefficient (Wildman–Crippen LogP) is 3.18. The van der Waals surface area contributed by atoms with Gasteiger partial charge in [-0.05, 0) is 30.9 Å². The van der Waals surface area contributed by atoms with Crippen LogP contribution in [0.25, 0.3) is 0 Å². The van der Waals surface area contributed by atoms with Gasteiger partial charge in [0.1, 0.15) is 5.69 Å². The van der Waals surface area contributed by atoms with Crippen molar-refractivity contribution in [1.82, 2.24) is 0 Å². The van der Waals surface area contributed by atoms with Crippen molar-refractivity contribution in [2.45, 2.75) is 32.0 Å². The number of piperidine rings is 1. The van der Waals surface area contributed by atoms with Gasteiger partial charge in [-0.3, -0.25) is 10.1 Å². The van der Waals surface area contributed by atoms with E-state index in [1.165, 1.54) is 6.07 Å². The number of anilines is 1. The molecule has 1 saturated heterocycles. The lowest BCUT2D eigenvalue weighted by molar-refractivity contribution is -0.384. The van der Waals surface area contributed by atoms with Crippen LogP contribution in [0.3, 0.4) is 0 Å². The number of nitrogens with zero attached hydrogens (tertiary/aromatic N) is 2. The number of hydrogen-bond donors (Lipinski definition) is 1. The van der Waals surface area contributed by atoms with Crippen molar-refractivity contribution < 1.29 is 18.1 Å². The average Bonchev–Trinajstić information content (AvgIpc) is 2.45. The van der Waals surface area contributed by atoms with Crippen LogP contribution >= 0.6 is 0 Å². The normalized spacial score (nSPS) is 22.7. The van der Waals surface area contributed by atoms with E-state index in [0.717, 1.165) is 18.9 Å². The molecule has 1 aliphatic rings. The predicted molar refractivity (Wildman–Crippen MR) is 76.7 cm³/mol. The minimum absolute atomic E-state index is 0.0980. The molecule has 0 bridgehead atoms. The second kappa shape index (κ2) is 6.12. The Morgan fingerprint density at radius 2 is 2.14 bits per heavy atom. The molecule has 0 aromatic heterocycles. The molecule has 1 heterocycles. The first-order chi connectivity index (χ1) is 10.2. The topological polar surface area (TPSA) is 72.4 Å². The van der Waals surface area contributed by atoms with E-state index in [2.05, 4.69) is 6.92 Å². The summed E-state index contributed by atoms with van der Waals surface area (Å²) in [6, 6.07) is 2.56. The zero-order valence-corrected chi connectivity index (χ0v) is 12.1. The molecule has 0 amide bonds. The van der Waals surface area contributed by atoms with Gasteiger partial charge in [-0.25, -0.2) is 0 Å². The van der Waals surface area contributed by atoms with E-state index in [4.69, 9.17) is 5.73 Å². The highest BCUT2D eigenvalue weighted by atomic mass is 19.4. The quantitative estimate of drug-likeness (QED) is 0.686. The minimum Gasteiger partial charge on any atom is -0.362 e. The fraction of sp³-hybridized carbons (Fsp3) is 0.571. The third kappa shape index (κ3) is 3.32. The molecule has 2 N–H and O–H groups in total. The lowest BCUT2D eigenvalue weighted by atomic mass is 9.91. The van der Waals surface area contributed by atoms with Crippen LogP contribution in [0.5, 0.6) is 0 Å². The molecule has 8 heteroatoms. The summed E-state index contributed by atoms with van der Waals surface area (Å²) in [5.74, 6) is 0.443. The van der Waals surface area contributed by atoms with Crippen LogP contribution in [-0.2, 0) is 6.18 Å². The number of nitrogens with two attached hydrogens (primary N) is 1. The average molecular weight is 317 g/mol. The first kappa shape index (κ1) is 16.5. The van der Waals surface area contributed by atoms with E-state index in [0.29, 0.717) is 25.1 Å². The van der Waals surface area contributed by atoms with E-state index in [-0.39, 0.29) is 11.7 Å². The maximum atomic E-state index is 12.7. The van der Waals surface area contributed by atoms with E-state index < -0.39 is 22.4 Å². The standard InChI is InChI=1S/C14H18F3N3O2/c1-9-4-5-19(11(6-9)8-18)12-3-2-10(14(15,16)17)7-13(12)20(21)22/h2-3,7,9,11H,4-6,8,18H2,1H3. The summed E-state index contributed by atoms with van der Waals surface area (Å²) in [6.45, 7) is 2.93. The Morgan fingerprint density at radius 3 is 2.68 bits per heavy atom. The highest BCUT2D eigenvalue weighted by Gasteiger charge is 2.35. The van der Waals surface area contributed by atoms with Crippen molar-refractivity contribution in [1.29, 1.82) is 0 Å². The summed E-state index contributed by atoms with van der Waals surface area (Å²) in [4.78, 5) is 12.2. The molecule has 2 rings (SSSR count). The van der Waals surface area contributed by atoms with E-state index >= 15 is 0 Å². The van der Waals surface area contributed by atoms with Crippen molar-refractivity contribution in [2.75, 3.05) is 18.0 Å². The van der Waals surface area contributed by atoms with Gasteiger partial charge in [-0.2, -0.15) is 13.2 Å². The van der Waals surface area contributed by atoms with Crippen molar-refractivity contribution >= 4 is 11.4 Å². The molecule has 1 fully saturated rings. The van der Waals surface area contributed by atoms with Gasteiger partial charge in [0.05, 0.1) is 10.5 Å². The number of halogens is 3. The van der Waals surface area contributed by atoms with Crippen LogP contribution in [0.1, 0.15) is 25.3 Å². The Hall–Kier alpha value is -1.83. The highest BCUT2D eigenvalue weighted by Crippen LogP contribution is 2.38. The molecule has 5 nitrogen and oxygen atoms in total. The van der Waals surface area contributed by atoms with Crippen molar-refractivity contribution in [3.63, 3.8) is 0 Å². The number of hydrogen-bond acceptors (Lipinski definition) is 4. The van der Waals surface area contributed by atoms with E-state index in [1.807, 2.05) is 0 Å². The molecule has 0 saturated carbocycles. The summed E-state index contributed by atoms with van der Waals surface area (Å²) in [5.41, 5.74) is 4.39. The number of alkyl halides is 3. The fourth-order valence-corrected chi connectivity index (χ4v) is 2.88. The minimum atomic E-state index is -4.60. The van der Waals surface area contributed by atoms with Gasteiger partial charge in [-0.1, -0.05) is 6.92 Å². The first-order valence-electron chi connectivity index (χ1n) is 7.06. The summed E-state index contributed by atoms with van der Waals surface area (Å²) in [6.07, 6.45) is -3.00. The van der Waals surface area contributed by atoms with Crippen LogP contribution in [0.15, 0.2) is 18.2 Å². The molecule has 0 radical (unpaired) electrons. The lowest BCUT2D eigenvalue weighted by Crippen LogP contribution is -2.46. The van der Waals surface area contributed by atoms with Gasteiger partial charge in [0.25, 0.3) is 5.69 Å². The van der Waals surface area contributed by atoms with Crippen LogP contribution in [-0.4, -0.2) is 24.1 Å². The molecule has 1 aromatic rings. The van der Waals surface area contributed by atoms with Gasteiger partial charge in [-0.15, -0.1) is 0 Å². The molecule has 2 unspecified atom stereocenters. The second-order valence-corrected chi connectivity index (χ2v) is 5.67. The third-order valence-corrected chi connectivity index (χ3v) is 4.06. The van der Waals surface area contributed by atoms with Crippen LogP contribution in [0.4, 0.5) is 24.5 Å². The Balaban J connectivity index is 2.43. The SMILES string of the molecule is CC1CCN(c2ccc(C(F)(F)F)cc2[N+](=O)[O-])C(CN)C1. The smallest absolute Gasteiger partial charge is 0.362 e. The summed E-state index contributed by atoms with van der Waals surface area (Å²) in [7, 11) is 0. The second-order valence-electron chi connectivity index (χ2n) is 5.67. The molecule has 1 aliphatic heterocycles.